The number of anilines is 1. The van der Waals surface area contributed by atoms with Crippen molar-refractivity contribution in [2.24, 2.45) is 5.73 Å². The van der Waals surface area contributed by atoms with Gasteiger partial charge >= 0.3 is 0 Å². The van der Waals surface area contributed by atoms with E-state index in [1.807, 2.05) is 26.0 Å². The molecule has 2 unspecified atom stereocenters. The van der Waals surface area contributed by atoms with Crippen LogP contribution in [0.15, 0.2) is 66.9 Å². The largest absolute Gasteiger partial charge is 0.366 e. The highest BCUT2D eigenvalue weighted by Crippen LogP contribution is 2.39. The minimum absolute atomic E-state index is 0.0557. The van der Waals surface area contributed by atoms with Gasteiger partial charge in [0, 0.05) is 29.9 Å². The summed E-state index contributed by atoms with van der Waals surface area (Å²) < 4.78 is 42.4. The Morgan fingerprint density at radius 1 is 1.00 bits per heavy atom. The summed E-state index contributed by atoms with van der Waals surface area (Å²) in [6, 6.07) is 13.0. The number of nitrogens with zero attached hydrogens (tertiary/aromatic N) is 1. The van der Waals surface area contributed by atoms with E-state index in [0.29, 0.717) is 22.5 Å². The third-order valence-electron chi connectivity index (χ3n) is 7.38. The number of nitrogens with one attached hydrogen (secondary N) is 2. The molecule has 0 saturated heterocycles. The Balaban J connectivity index is 1.52. The van der Waals surface area contributed by atoms with Crippen LogP contribution in [0.4, 0.5) is 18.9 Å². The molecule has 3 amide bonds. The molecule has 0 bridgehead atoms. The maximum atomic E-state index is 14.2. The number of carbonyl (C=O) groups excluding carboxylic acids is 3. The monoisotopic (exact) mass is 572 g/mol. The SMILES string of the molecule is Cc1ccc(C)c2c1NC(=O)C2CC(=O)NC(Cc1cc(F)cc(F)c1)c1ncccc1-c1ccc(F)c(C(N)=O)c1. The molecule has 7 nitrogen and oxygen atoms in total. The Labute approximate surface area is 240 Å². The van der Waals surface area contributed by atoms with Gasteiger partial charge in [0.05, 0.1) is 23.2 Å². The number of benzene rings is 3. The van der Waals surface area contributed by atoms with E-state index in [1.165, 1.54) is 18.3 Å². The molecule has 4 N–H and O–H groups in total. The first-order chi connectivity index (χ1) is 20.0. The quantitative estimate of drug-likeness (QED) is 0.262. The van der Waals surface area contributed by atoms with Crippen LogP contribution in [0, 0.1) is 31.3 Å². The van der Waals surface area contributed by atoms with Gasteiger partial charge in [0.25, 0.3) is 5.91 Å². The molecule has 42 heavy (non-hydrogen) atoms. The van der Waals surface area contributed by atoms with E-state index in [9.17, 15) is 27.6 Å². The highest BCUT2D eigenvalue weighted by atomic mass is 19.1. The van der Waals surface area contributed by atoms with Crippen LogP contribution in [0.25, 0.3) is 11.1 Å². The molecule has 0 aliphatic carbocycles. The number of aryl methyl sites for hydroxylation is 2. The number of pyridine rings is 1. The summed E-state index contributed by atoms with van der Waals surface area (Å²) in [5, 5.41) is 5.77. The first kappa shape index (κ1) is 28.5. The Morgan fingerprint density at radius 3 is 2.43 bits per heavy atom. The van der Waals surface area contributed by atoms with Crippen LogP contribution >= 0.6 is 0 Å². The van der Waals surface area contributed by atoms with E-state index in [2.05, 4.69) is 15.6 Å². The van der Waals surface area contributed by atoms with Crippen LogP contribution in [0.1, 0.15) is 56.7 Å². The fraction of sp³-hybridized carbons (Fsp3) is 0.188. The first-order valence-electron chi connectivity index (χ1n) is 13.2. The number of primary amides is 1. The van der Waals surface area contributed by atoms with Crippen molar-refractivity contribution in [2.75, 3.05) is 5.32 Å². The fourth-order valence-corrected chi connectivity index (χ4v) is 5.42. The molecule has 0 spiro atoms. The molecule has 2 atom stereocenters. The second-order valence-corrected chi connectivity index (χ2v) is 10.3. The van der Waals surface area contributed by atoms with Crippen LogP contribution < -0.4 is 16.4 Å². The van der Waals surface area contributed by atoms with Crippen molar-refractivity contribution in [1.82, 2.24) is 10.3 Å². The topological polar surface area (TPSA) is 114 Å². The molecule has 0 radical (unpaired) electrons. The predicted octanol–water partition coefficient (Wildman–Crippen LogP) is 5.41. The van der Waals surface area contributed by atoms with E-state index in [4.69, 9.17) is 5.73 Å². The van der Waals surface area contributed by atoms with Gasteiger partial charge in [-0.3, -0.25) is 19.4 Å². The number of fused-ring (bicyclic) bond motifs is 1. The molecular formula is C32H27F3N4O3. The van der Waals surface area contributed by atoms with E-state index >= 15 is 0 Å². The minimum atomic E-state index is -0.958. The highest BCUT2D eigenvalue weighted by molar-refractivity contribution is 6.06. The summed E-state index contributed by atoms with van der Waals surface area (Å²) in [4.78, 5) is 42.7. The maximum absolute atomic E-state index is 14.2. The highest BCUT2D eigenvalue weighted by Gasteiger charge is 2.35. The zero-order valence-corrected chi connectivity index (χ0v) is 22.8. The smallest absolute Gasteiger partial charge is 0.251 e. The van der Waals surface area contributed by atoms with Gasteiger partial charge in [-0.25, -0.2) is 13.2 Å². The lowest BCUT2D eigenvalue weighted by Crippen LogP contribution is -2.33. The third kappa shape index (κ3) is 5.74. The fourth-order valence-electron chi connectivity index (χ4n) is 5.42. The summed E-state index contributed by atoms with van der Waals surface area (Å²) >= 11 is 0. The number of hydrogen-bond acceptors (Lipinski definition) is 4. The van der Waals surface area contributed by atoms with Crippen LogP contribution in [-0.4, -0.2) is 22.7 Å². The summed E-state index contributed by atoms with van der Waals surface area (Å²) in [5.74, 6) is -4.84. The van der Waals surface area contributed by atoms with Crippen LogP contribution in [0.2, 0.25) is 0 Å². The van der Waals surface area contributed by atoms with Gasteiger partial charge in [0.1, 0.15) is 17.5 Å². The van der Waals surface area contributed by atoms with E-state index in [0.717, 1.165) is 41.0 Å². The molecule has 0 fully saturated rings. The van der Waals surface area contributed by atoms with Gasteiger partial charge in [-0.2, -0.15) is 0 Å². The number of carbonyl (C=O) groups is 3. The lowest BCUT2D eigenvalue weighted by atomic mass is 9.91. The Kier molecular flexibility index (Phi) is 7.80. The molecule has 5 rings (SSSR count). The molecule has 3 aromatic carbocycles. The molecule has 2 heterocycles. The van der Waals surface area contributed by atoms with E-state index < -0.39 is 41.2 Å². The molecular weight excluding hydrogens is 545 g/mol. The zero-order chi connectivity index (χ0) is 30.1. The van der Waals surface area contributed by atoms with Gasteiger partial charge in [-0.15, -0.1) is 0 Å². The summed E-state index contributed by atoms with van der Waals surface area (Å²) in [5.41, 5.74) is 9.61. The summed E-state index contributed by atoms with van der Waals surface area (Å²) in [7, 11) is 0. The molecule has 0 saturated carbocycles. The second-order valence-electron chi connectivity index (χ2n) is 10.3. The van der Waals surface area contributed by atoms with Crippen molar-refractivity contribution >= 4 is 23.4 Å². The van der Waals surface area contributed by atoms with Gasteiger partial charge in [0.2, 0.25) is 11.8 Å². The lowest BCUT2D eigenvalue weighted by molar-refractivity contribution is -0.125. The second kappa shape index (κ2) is 11.5. The van der Waals surface area contributed by atoms with Crippen molar-refractivity contribution in [3.63, 3.8) is 0 Å². The normalized spacial score (nSPS) is 14.7. The van der Waals surface area contributed by atoms with Crippen LogP contribution in [-0.2, 0) is 16.0 Å². The van der Waals surface area contributed by atoms with Gasteiger partial charge in [0.15, 0.2) is 0 Å². The van der Waals surface area contributed by atoms with Crippen molar-refractivity contribution in [3.8, 4) is 11.1 Å². The maximum Gasteiger partial charge on any atom is 0.251 e. The average molecular weight is 573 g/mol. The Morgan fingerprint density at radius 2 is 1.71 bits per heavy atom. The zero-order valence-electron chi connectivity index (χ0n) is 22.8. The summed E-state index contributed by atoms with van der Waals surface area (Å²) in [6.07, 6.45) is 1.25. The van der Waals surface area contributed by atoms with Crippen molar-refractivity contribution in [2.45, 2.75) is 38.6 Å². The van der Waals surface area contributed by atoms with Crippen LogP contribution in [0.5, 0.6) is 0 Å². The number of halogens is 3. The number of aromatic nitrogens is 1. The summed E-state index contributed by atoms with van der Waals surface area (Å²) in [6.45, 7) is 3.74. The van der Waals surface area contributed by atoms with E-state index in [-0.39, 0.29) is 29.9 Å². The van der Waals surface area contributed by atoms with Crippen molar-refractivity contribution < 1.29 is 27.6 Å². The van der Waals surface area contributed by atoms with Crippen molar-refractivity contribution in [3.05, 3.63) is 118 Å². The average Bonchev–Trinajstić information content (AvgIpc) is 3.26. The minimum Gasteiger partial charge on any atom is -0.366 e. The number of nitrogens with two attached hydrogens (primary N) is 1. The van der Waals surface area contributed by atoms with Crippen LogP contribution in [0.3, 0.4) is 0 Å². The predicted molar refractivity (Wildman–Crippen MR) is 151 cm³/mol. The number of amides is 3. The molecule has 214 valence electrons. The van der Waals surface area contributed by atoms with Gasteiger partial charge in [-0.1, -0.05) is 24.3 Å². The Hall–Kier alpha value is -4.99. The number of rotatable bonds is 8. The van der Waals surface area contributed by atoms with E-state index in [1.54, 1.807) is 12.1 Å². The van der Waals surface area contributed by atoms with Gasteiger partial charge in [-0.05, 0) is 78.4 Å². The molecule has 1 aliphatic rings. The first-order valence-corrected chi connectivity index (χ1v) is 13.2. The Bertz CT molecular complexity index is 1720. The number of hydrogen-bond donors (Lipinski definition) is 3. The molecule has 10 heteroatoms. The molecule has 4 aromatic rings. The molecule has 1 aliphatic heterocycles. The lowest BCUT2D eigenvalue weighted by Gasteiger charge is -2.22. The standard InChI is InChI=1S/C32H27F3N4O3/c1-16-5-6-17(2)29-28(16)24(32(42)39-29)15-27(40)38-26(12-18-10-20(33)14-21(34)11-18)30-22(4-3-9-37-30)19-7-8-25(35)23(13-19)31(36)41/h3-11,13-14,24,26H,12,15H2,1-2H3,(H2,36,41)(H,38,40)(H,39,42). The van der Waals surface area contributed by atoms with Gasteiger partial charge < -0.3 is 16.4 Å². The van der Waals surface area contributed by atoms with Crippen molar-refractivity contribution in [1.29, 1.82) is 0 Å². The molecule has 1 aromatic heterocycles. The third-order valence-corrected chi connectivity index (χ3v) is 7.38.